The maximum atomic E-state index is 12.9. The van der Waals surface area contributed by atoms with E-state index in [0.717, 1.165) is 22.8 Å². The van der Waals surface area contributed by atoms with Gasteiger partial charge in [0.1, 0.15) is 5.69 Å². The number of hydrogen-bond donors (Lipinski definition) is 0. The third-order valence-electron chi connectivity index (χ3n) is 6.54. The van der Waals surface area contributed by atoms with Crippen LogP contribution in [0.1, 0.15) is 34.5 Å². The third kappa shape index (κ3) is 3.32. The average molecular weight is 429 g/mol. The van der Waals surface area contributed by atoms with Crippen LogP contribution in [0, 0.1) is 19.8 Å². The van der Waals surface area contributed by atoms with E-state index in [-0.39, 0.29) is 11.8 Å². The summed E-state index contributed by atoms with van der Waals surface area (Å²) in [6.07, 6.45) is 0.759. The highest BCUT2D eigenvalue weighted by molar-refractivity contribution is 5.79. The van der Waals surface area contributed by atoms with Crippen molar-refractivity contribution < 1.29 is 18.0 Å². The SMILES string of the molecule is Cc1c2c(c3cncn3c1C)CN(C(=O)CC1CN(c3ccnc(C(F)(F)F)c3)C1)C2. The van der Waals surface area contributed by atoms with Crippen LogP contribution in [0.5, 0.6) is 0 Å². The lowest BCUT2D eigenvalue weighted by molar-refractivity contribution is -0.141. The van der Waals surface area contributed by atoms with E-state index in [1.807, 2.05) is 16.0 Å². The molecule has 3 aromatic rings. The predicted octanol–water partition coefficient (Wildman–Crippen LogP) is 3.73. The second-order valence-electron chi connectivity index (χ2n) is 8.44. The Morgan fingerprint density at radius 2 is 1.94 bits per heavy atom. The number of alkyl halides is 3. The highest BCUT2D eigenvalue weighted by atomic mass is 19.4. The first kappa shape index (κ1) is 19.8. The number of nitrogens with zero attached hydrogens (tertiary/aromatic N) is 5. The summed E-state index contributed by atoms with van der Waals surface area (Å²) in [5, 5.41) is 0. The molecule has 3 aromatic heterocycles. The molecule has 0 saturated carbocycles. The van der Waals surface area contributed by atoms with Crippen molar-refractivity contribution in [3.63, 3.8) is 0 Å². The zero-order chi connectivity index (χ0) is 21.9. The number of pyridine rings is 2. The smallest absolute Gasteiger partial charge is 0.371 e. The minimum Gasteiger partial charge on any atom is -0.371 e. The number of hydrogen-bond acceptors (Lipinski definition) is 4. The molecule has 0 spiro atoms. The maximum absolute atomic E-state index is 12.9. The van der Waals surface area contributed by atoms with Gasteiger partial charge in [0.05, 0.1) is 18.0 Å². The van der Waals surface area contributed by atoms with Crippen LogP contribution in [0.2, 0.25) is 0 Å². The second-order valence-corrected chi connectivity index (χ2v) is 8.44. The molecule has 0 aromatic carbocycles. The number of imidazole rings is 1. The highest BCUT2D eigenvalue weighted by Gasteiger charge is 2.36. The average Bonchev–Trinajstić information content (AvgIpc) is 3.35. The second kappa shape index (κ2) is 6.96. The number of carbonyl (C=O) groups is 1. The van der Waals surface area contributed by atoms with Crippen molar-refractivity contribution in [3.8, 4) is 0 Å². The Hall–Kier alpha value is -3.10. The van der Waals surface area contributed by atoms with Gasteiger partial charge >= 0.3 is 6.18 Å². The number of halogens is 3. The molecular weight excluding hydrogens is 407 g/mol. The van der Waals surface area contributed by atoms with Gasteiger partial charge < -0.3 is 14.2 Å². The van der Waals surface area contributed by atoms with Crippen molar-refractivity contribution in [2.24, 2.45) is 5.92 Å². The molecular formula is C22H22F3N5O. The van der Waals surface area contributed by atoms with Crippen LogP contribution in [0.3, 0.4) is 0 Å². The first-order valence-electron chi connectivity index (χ1n) is 10.2. The van der Waals surface area contributed by atoms with E-state index < -0.39 is 11.9 Å². The molecule has 31 heavy (non-hydrogen) atoms. The quantitative estimate of drug-likeness (QED) is 0.637. The Labute approximate surface area is 177 Å². The molecule has 0 N–H and O–H groups in total. The minimum absolute atomic E-state index is 0.0845. The van der Waals surface area contributed by atoms with Gasteiger partial charge in [-0.2, -0.15) is 13.2 Å². The molecule has 2 aliphatic rings. The molecule has 1 saturated heterocycles. The molecule has 5 heterocycles. The molecule has 0 unspecified atom stereocenters. The molecule has 0 bridgehead atoms. The largest absolute Gasteiger partial charge is 0.433 e. The monoisotopic (exact) mass is 429 g/mol. The van der Waals surface area contributed by atoms with Gasteiger partial charge in [0.15, 0.2) is 0 Å². The van der Waals surface area contributed by atoms with E-state index in [1.54, 1.807) is 12.4 Å². The Kier molecular flexibility index (Phi) is 4.46. The summed E-state index contributed by atoms with van der Waals surface area (Å²) in [7, 11) is 0. The fourth-order valence-corrected chi connectivity index (χ4v) is 4.63. The van der Waals surface area contributed by atoms with E-state index in [0.29, 0.717) is 38.3 Å². The number of anilines is 1. The van der Waals surface area contributed by atoms with Crippen LogP contribution >= 0.6 is 0 Å². The van der Waals surface area contributed by atoms with Gasteiger partial charge in [-0.25, -0.2) is 4.98 Å². The molecule has 9 heteroatoms. The zero-order valence-corrected chi connectivity index (χ0v) is 17.3. The van der Waals surface area contributed by atoms with Gasteiger partial charge in [0, 0.05) is 61.7 Å². The number of aromatic nitrogens is 3. The summed E-state index contributed by atoms with van der Waals surface area (Å²) in [5.74, 6) is 0.220. The molecule has 162 valence electrons. The fraction of sp³-hybridized carbons (Fsp3) is 0.409. The summed E-state index contributed by atoms with van der Waals surface area (Å²) < 4.78 is 40.7. The van der Waals surface area contributed by atoms with Gasteiger partial charge in [-0.1, -0.05) is 0 Å². The summed E-state index contributed by atoms with van der Waals surface area (Å²) in [5.41, 5.74) is 5.31. The highest BCUT2D eigenvalue weighted by Crippen LogP contribution is 2.35. The number of fused-ring (bicyclic) bond motifs is 3. The van der Waals surface area contributed by atoms with Crippen molar-refractivity contribution >= 4 is 17.1 Å². The van der Waals surface area contributed by atoms with E-state index in [2.05, 4.69) is 28.2 Å². The Balaban J connectivity index is 1.23. The van der Waals surface area contributed by atoms with E-state index in [1.165, 1.54) is 17.3 Å². The van der Waals surface area contributed by atoms with Gasteiger partial charge in [-0.3, -0.25) is 9.78 Å². The van der Waals surface area contributed by atoms with Crippen LogP contribution in [-0.2, 0) is 24.1 Å². The number of aryl methyl sites for hydroxylation is 1. The fourth-order valence-electron chi connectivity index (χ4n) is 4.63. The molecule has 2 aliphatic heterocycles. The summed E-state index contributed by atoms with van der Waals surface area (Å²) in [4.78, 5) is 24.3. The Morgan fingerprint density at radius 1 is 1.19 bits per heavy atom. The molecule has 0 atom stereocenters. The molecule has 1 amide bonds. The maximum Gasteiger partial charge on any atom is 0.433 e. The third-order valence-corrected chi connectivity index (χ3v) is 6.54. The van der Waals surface area contributed by atoms with Crippen molar-refractivity contribution in [2.45, 2.75) is 39.5 Å². The first-order valence-corrected chi connectivity index (χ1v) is 10.2. The van der Waals surface area contributed by atoms with Crippen LogP contribution in [0.25, 0.3) is 5.52 Å². The Morgan fingerprint density at radius 3 is 2.68 bits per heavy atom. The summed E-state index contributed by atoms with van der Waals surface area (Å²) in [6.45, 7) is 6.44. The summed E-state index contributed by atoms with van der Waals surface area (Å²) >= 11 is 0. The number of amides is 1. The predicted molar refractivity (Wildman–Crippen MR) is 108 cm³/mol. The van der Waals surface area contributed by atoms with Crippen molar-refractivity contribution in [2.75, 3.05) is 18.0 Å². The first-order chi connectivity index (χ1) is 14.7. The van der Waals surface area contributed by atoms with Crippen LogP contribution in [-0.4, -0.2) is 38.3 Å². The van der Waals surface area contributed by atoms with Crippen molar-refractivity contribution in [1.82, 2.24) is 19.3 Å². The summed E-state index contributed by atoms with van der Waals surface area (Å²) in [6, 6.07) is 2.64. The molecule has 0 radical (unpaired) electrons. The van der Waals surface area contributed by atoms with E-state index in [9.17, 15) is 18.0 Å². The molecule has 5 rings (SSSR count). The molecule has 1 fully saturated rings. The molecule has 6 nitrogen and oxygen atoms in total. The van der Waals surface area contributed by atoms with Crippen LogP contribution in [0.4, 0.5) is 18.9 Å². The Bertz CT molecular complexity index is 1180. The van der Waals surface area contributed by atoms with Gasteiger partial charge in [0.2, 0.25) is 5.91 Å². The normalized spacial score (nSPS) is 16.7. The lowest BCUT2D eigenvalue weighted by Crippen LogP contribution is -2.48. The zero-order valence-electron chi connectivity index (χ0n) is 17.3. The topological polar surface area (TPSA) is 53.7 Å². The van der Waals surface area contributed by atoms with Crippen molar-refractivity contribution in [3.05, 3.63) is 58.9 Å². The van der Waals surface area contributed by atoms with Crippen molar-refractivity contribution in [1.29, 1.82) is 0 Å². The van der Waals surface area contributed by atoms with Crippen LogP contribution < -0.4 is 4.90 Å². The number of rotatable bonds is 3. The standard InChI is InChI=1S/C22H22F3N5O/c1-13-14(2)30-12-26-7-19(30)18-11-29(10-17(13)18)21(31)5-15-8-28(9-15)16-3-4-27-20(6-16)22(23,24)25/h3-4,6-7,12,15H,5,8-11H2,1-2H3. The lowest BCUT2D eigenvalue weighted by atomic mass is 9.95. The number of carbonyl (C=O) groups excluding carboxylic acids is 1. The van der Waals surface area contributed by atoms with Gasteiger partial charge in [-0.15, -0.1) is 0 Å². The van der Waals surface area contributed by atoms with E-state index in [4.69, 9.17) is 0 Å². The van der Waals surface area contributed by atoms with E-state index >= 15 is 0 Å². The molecule has 0 aliphatic carbocycles. The minimum atomic E-state index is -4.46. The lowest BCUT2D eigenvalue weighted by Gasteiger charge is -2.41. The van der Waals surface area contributed by atoms with Gasteiger partial charge in [-0.05, 0) is 37.1 Å². The van der Waals surface area contributed by atoms with Gasteiger partial charge in [0.25, 0.3) is 0 Å². The van der Waals surface area contributed by atoms with Crippen LogP contribution in [0.15, 0.2) is 30.9 Å².